The predicted molar refractivity (Wildman–Crippen MR) is 103 cm³/mol. The zero-order chi connectivity index (χ0) is 17.1. The summed E-state index contributed by atoms with van der Waals surface area (Å²) < 4.78 is 5.46. The summed E-state index contributed by atoms with van der Waals surface area (Å²) >= 11 is 0. The van der Waals surface area contributed by atoms with Gasteiger partial charge >= 0.3 is 0 Å². The zero-order valence-corrected chi connectivity index (χ0v) is 15.0. The van der Waals surface area contributed by atoms with Gasteiger partial charge in [0, 0.05) is 32.7 Å². The van der Waals surface area contributed by atoms with Gasteiger partial charge in [0.25, 0.3) is 0 Å². The third-order valence-electron chi connectivity index (χ3n) is 5.32. The van der Waals surface area contributed by atoms with Crippen molar-refractivity contribution in [1.29, 1.82) is 0 Å². The van der Waals surface area contributed by atoms with Gasteiger partial charge in [0.1, 0.15) is 0 Å². The van der Waals surface area contributed by atoms with E-state index in [0.29, 0.717) is 0 Å². The number of para-hydroxylation sites is 2. The molecule has 132 valence electrons. The first-order chi connectivity index (χ1) is 12.3. The number of anilines is 2. The Hall–Kier alpha value is -2.04. The first-order valence-corrected chi connectivity index (χ1v) is 9.25. The van der Waals surface area contributed by atoms with E-state index in [4.69, 9.17) is 4.74 Å². The third-order valence-corrected chi connectivity index (χ3v) is 5.32. The lowest BCUT2D eigenvalue weighted by molar-refractivity contribution is 0.0392. The molecule has 0 bridgehead atoms. The molecule has 0 N–H and O–H groups in total. The highest BCUT2D eigenvalue weighted by atomic mass is 16.5. The number of hydrogen-bond donors (Lipinski definition) is 0. The lowest BCUT2D eigenvalue weighted by atomic mass is 10.1. The van der Waals surface area contributed by atoms with Crippen molar-refractivity contribution in [1.82, 2.24) is 4.90 Å². The largest absolute Gasteiger partial charge is 0.379 e. The Bertz CT molecular complexity index is 712. The monoisotopic (exact) mass is 337 g/mol. The third kappa shape index (κ3) is 3.65. The van der Waals surface area contributed by atoms with Crippen molar-refractivity contribution in [2.75, 3.05) is 55.9 Å². The second kappa shape index (κ2) is 7.46. The van der Waals surface area contributed by atoms with Crippen molar-refractivity contribution >= 4 is 11.4 Å². The first kappa shape index (κ1) is 16.4. The van der Waals surface area contributed by atoms with Crippen LogP contribution in [0.5, 0.6) is 0 Å². The normalized spacial score (nSPS) is 17.8. The average Bonchev–Trinajstić information content (AvgIpc) is 3.01. The van der Waals surface area contributed by atoms with Crippen molar-refractivity contribution in [3.63, 3.8) is 0 Å². The van der Waals surface area contributed by atoms with E-state index < -0.39 is 0 Å². The Kier molecular flexibility index (Phi) is 4.90. The van der Waals surface area contributed by atoms with Crippen LogP contribution >= 0.6 is 0 Å². The van der Waals surface area contributed by atoms with Crippen LogP contribution in [0.1, 0.15) is 11.1 Å². The summed E-state index contributed by atoms with van der Waals surface area (Å²) in [5, 5.41) is 0. The Balaban J connectivity index is 1.46. The Morgan fingerprint density at radius 1 is 0.840 bits per heavy atom. The maximum atomic E-state index is 5.46. The van der Waals surface area contributed by atoms with Crippen LogP contribution in [-0.2, 0) is 11.3 Å². The highest BCUT2D eigenvalue weighted by Crippen LogP contribution is 2.36. The topological polar surface area (TPSA) is 19.0 Å². The minimum atomic E-state index is 0.871. The van der Waals surface area contributed by atoms with Crippen LogP contribution in [0.25, 0.3) is 0 Å². The van der Waals surface area contributed by atoms with E-state index >= 15 is 0 Å². The first-order valence-electron chi connectivity index (χ1n) is 9.25. The van der Waals surface area contributed by atoms with Crippen molar-refractivity contribution < 1.29 is 4.74 Å². The number of hydrogen-bond acceptors (Lipinski definition) is 4. The van der Waals surface area contributed by atoms with Crippen LogP contribution in [-0.4, -0.2) is 51.0 Å². The van der Waals surface area contributed by atoms with E-state index in [9.17, 15) is 0 Å². The molecule has 25 heavy (non-hydrogen) atoms. The standard InChI is InChI=1S/C21H27N3O/c1-18-6-2-3-7-19(18)16-24-17-23(20-8-4-5-9-21(20)24)11-10-22-12-14-25-15-13-22/h2-9H,10-17H2,1H3. The molecule has 0 aromatic heterocycles. The Labute approximate surface area is 150 Å². The summed E-state index contributed by atoms with van der Waals surface area (Å²) in [6.45, 7) is 10.2. The smallest absolute Gasteiger partial charge is 0.0908 e. The van der Waals surface area contributed by atoms with E-state index in [2.05, 4.69) is 70.2 Å². The summed E-state index contributed by atoms with van der Waals surface area (Å²) in [6.07, 6.45) is 0. The van der Waals surface area contributed by atoms with Gasteiger partial charge in [-0.25, -0.2) is 0 Å². The van der Waals surface area contributed by atoms with Crippen molar-refractivity contribution in [2.45, 2.75) is 13.5 Å². The lowest BCUT2D eigenvalue weighted by Crippen LogP contribution is -2.42. The molecule has 4 nitrogen and oxygen atoms in total. The van der Waals surface area contributed by atoms with Crippen LogP contribution in [0, 0.1) is 6.92 Å². The van der Waals surface area contributed by atoms with Crippen molar-refractivity contribution in [2.24, 2.45) is 0 Å². The fourth-order valence-electron chi connectivity index (χ4n) is 3.76. The second-order valence-electron chi connectivity index (χ2n) is 6.97. The molecule has 2 aliphatic rings. The Morgan fingerprint density at radius 3 is 2.28 bits per heavy atom. The van der Waals surface area contributed by atoms with Gasteiger partial charge < -0.3 is 14.5 Å². The van der Waals surface area contributed by atoms with Gasteiger partial charge in [0.15, 0.2) is 0 Å². The summed E-state index contributed by atoms with van der Waals surface area (Å²) in [5.74, 6) is 0. The molecule has 0 spiro atoms. The van der Waals surface area contributed by atoms with E-state index in [1.165, 1.54) is 22.5 Å². The molecule has 0 unspecified atom stereocenters. The molecule has 1 saturated heterocycles. The molecule has 2 heterocycles. The molecule has 2 aromatic carbocycles. The molecular formula is C21H27N3O. The SMILES string of the molecule is Cc1ccccc1CN1CN(CCN2CCOCC2)c2ccccc21. The molecule has 2 aliphatic heterocycles. The molecule has 0 radical (unpaired) electrons. The highest BCUT2D eigenvalue weighted by molar-refractivity contribution is 5.76. The average molecular weight is 337 g/mol. The van der Waals surface area contributed by atoms with E-state index in [1.54, 1.807) is 0 Å². The predicted octanol–water partition coefficient (Wildman–Crippen LogP) is 3.11. The highest BCUT2D eigenvalue weighted by Gasteiger charge is 2.26. The zero-order valence-electron chi connectivity index (χ0n) is 15.0. The minimum Gasteiger partial charge on any atom is -0.379 e. The molecule has 1 fully saturated rings. The summed E-state index contributed by atoms with van der Waals surface area (Å²) in [5.41, 5.74) is 5.50. The van der Waals surface area contributed by atoms with Crippen LogP contribution in [0.4, 0.5) is 11.4 Å². The molecule has 4 rings (SSSR count). The maximum absolute atomic E-state index is 5.46. The van der Waals surface area contributed by atoms with Gasteiger partial charge in [-0.15, -0.1) is 0 Å². The van der Waals surface area contributed by atoms with Crippen LogP contribution in [0.3, 0.4) is 0 Å². The number of nitrogens with zero attached hydrogens (tertiary/aromatic N) is 3. The quantitative estimate of drug-likeness (QED) is 0.834. The van der Waals surface area contributed by atoms with Gasteiger partial charge in [-0.05, 0) is 30.2 Å². The molecule has 0 atom stereocenters. The number of aryl methyl sites for hydroxylation is 1. The molecule has 2 aromatic rings. The molecule has 0 aliphatic carbocycles. The molecule has 0 amide bonds. The van der Waals surface area contributed by atoms with Crippen LogP contribution < -0.4 is 9.80 Å². The molecule has 0 saturated carbocycles. The van der Waals surface area contributed by atoms with Gasteiger partial charge in [-0.2, -0.15) is 0 Å². The summed E-state index contributed by atoms with van der Waals surface area (Å²) in [6, 6.07) is 17.5. The fourth-order valence-corrected chi connectivity index (χ4v) is 3.76. The lowest BCUT2D eigenvalue weighted by Gasteiger charge is -2.29. The molecule has 4 heteroatoms. The van der Waals surface area contributed by atoms with E-state index in [0.717, 1.165) is 52.6 Å². The van der Waals surface area contributed by atoms with Crippen molar-refractivity contribution in [3.05, 3.63) is 59.7 Å². The number of rotatable bonds is 5. The van der Waals surface area contributed by atoms with Gasteiger partial charge in [0.2, 0.25) is 0 Å². The Morgan fingerprint density at radius 2 is 1.52 bits per heavy atom. The van der Waals surface area contributed by atoms with Crippen molar-refractivity contribution in [3.8, 4) is 0 Å². The van der Waals surface area contributed by atoms with Gasteiger partial charge in [-0.1, -0.05) is 36.4 Å². The van der Waals surface area contributed by atoms with Gasteiger partial charge in [0.05, 0.1) is 31.3 Å². The maximum Gasteiger partial charge on any atom is 0.0908 e. The fraction of sp³-hybridized carbons (Fsp3) is 0.429. The van der Waals surface area contributed by atoms with Gasteiger partial charge in [-0.3, -0.25) is 4.90 Å². The number of benzene rings is 2. The number of fused-ring (bicyclic) bond motifs is 1. The van der Waals surface area contributed by atoms with E-state index in [-0.39, 0.29) is 0 Å². The summed E-state index contributed by atoms with van der Waals surface area (Å²) in [7, 11) is 0. The number of ether oxygens (including phenoxy) is 1. The van der Waals surface area contributed by atoms with Crippen LogP contribution in [0.2, 0.25) is 0 Å². The van der Waals surface area contributed by atoms with E-state index in [1.807, 2.05) is 0 Å². The van der Waals surface area contributed by atoms with Crippen LogP contribution in [0.15, 0.2) is 48.5 Å². The second-order valence-corrected chi connectivity index (χ2v) is 6.97. The minimum absolute atomic E-state index is 0.871. The molecular weight excluding hydrogens is 310 g/mol. The number of morpholine rings is 1. The summed E-state index contributed by atoms with van der Waals surface area (Å²) in [4.78, 5) is 7.52.